The Morgan fingerprint density at radius 2 is 1.66 bits per heavy atom. The van der Waals surface area contributed by atoms with Gasteiger partial charge in [0.05, 0.1) is 5.56 Å². The molecule has 0 spiro atoms. The number of aromatic carboxylic acids is 1. The summed E-state index contributed by atoms with van der Waals surface area (Å²) >= 11 is 0. The van der Waals surface area contributed by atoms with Crippen LogP contribution in [0.2, 0.25) is 0 Å². The summed E-state index contributed by atoms with van der Waals surface area (Å²) in [5, 5.41) is 25.3. The van der Waals surface area contributed by atoms with Gasteiger partial charge < -0.3 is 36.7 Å². The van der Waals surface area contributed by atoms with Gasteiger partial charge in [-0.25, -0.2) is 13.6 Å². The van der Waals surface area contributed by atoms with E-state index in [0.717, 1.165) is 30.3 Å². The van der Waals surface area contributed by atoms with E-state index in [1.54, 1.807) is 0 Å². The molecule has 1 aliphatic carbocycles. The molecule has 2 heterocycles. The van der Waals surface area contributed by atoms with Gasteiger partial charge in [-0.1, -0.05) is 6.07 Å². The van der Waals surface area contributed by atoms with Gasteiger partial charge in [-0.05, 0) is 29.8 Å². The van der Waals surface area contributed by atoms with Gasteiger partial charge in [-0.2, -0.15) is 15.0 Å². The molecule has 0 unspecified atom stereocenters. The third-order valence-corrected chi connectivity index (χ3v) is 5.99. The molecule has 8 N–H and O–H groups in total. The summed E-state index contributed by atoms with van der Waals surface area (Å²) < 4.78 is 34.4. The number of hydrogen-bond acceptors (Lipinski definition) is 11. The molecule has 0 fully saturated rings. The van der Waals surface area contributed by atoms with Crippen LogP contribution in [0.3, 0.4) is 0 Å². The fourth-order valence-electron chi connectivity index (χ4n) is 4.21. The Morgan fingerprint density at radius 3 is 2.37 bits per heavy atom. The Balaban J connectivity index is 1.51. The van der Waals surface area contributed by atoms with Gasteiger partial charge in [-0.15, -0.1) is 0 Å². The maximum atomic E-state index is 14.4. The van der Waals surface area contributed by atoms with E-state index in [2.05, 4.69) is 25.6 Å². The zero-order chi connectivity index (χ0) is 29.4. The third kappa shape index (κ3) is 5.23. The number of nitrogens with two attached hydrogens (primary N) is 2. The zero-order valence-electron chi connectivity index (χ0n) is 20.7. The Bertz CT molecular complexity index is 1880. The molecule has 1 aliphatic heterocycles. The minimum absolute atomic E-state index is 0.00349. The number of carboxylic acids is 1. The summed E-state index contributed by atoms with van der Waals surface area (Å²) in [6, 6.07) is 7.31. The second-order valence-corrected chi connectivity index (χ2v) is 8.68. The number of nitrogens with one attached hydrogen (secondary N) is 2. The number of aromatic hydroxyl groups is 1. The first-order chi connectivity index (χ1) is 19.5. The fraction of sp³-hybridized carbons (Fsp3) is 0.0769. The van der Waals surface area contributed by atoms with Crippen molar-refractivity contribution in [2.75, 3.05) is 29.9 Å². The number of carbonyl (C=O) groups excluding carboxylic acids is 1. The number of carbonyl (C=O) groups is 2. The number of anilines is 3. The number of rotatable bonds is 7. The van der Waals surface area contributed by atoms with Gasteiger partial charge in [0.25, 0.3) is 5.91 Å². The summed E-state index contributed by atoms with van der Waals surface area (Å²) in [6.45, 7) is 0.235. The number of hydrogen-bond donors (Lipinski definition) is 6. The Morgan fingerprint density at radius 1 is 0.927 bits per heavy atom. The highest BCUT2D eigenvalue weighted by atomic mass is 19.1. The van der Waals surface area contributed by atoms with Crippen molar-refractivity contribution >= 4 is 40.7 Å². The summed E-state index contributed by atoms with van der Waals surface area (Å²) in [5.74, 6) is -5.20. The van der Waals surface area contributed by atoms with E-state index in [1.165, 1.54) is 12.1 Å². The van der Waals surface area contributed by atoms with E-state index in [0.29, 0.717) is 0 Å². The molecule has 1 aromatic heterocycles. The first-order valence-corrected chi connectivity index (χ1v) is 11.8. The van der Waals surface area contributed by atoms with Crippen molar-refractivity contribution < 1.29 is 33.0 Å². The number of phenolic OH excluding ortho intramolecular Hbond substituents is 1. The minimum atomic E-state index is -1.44. The quantitative estimate of drug-likeness (QED) is 0.124. The summed E-state index contributed by atoms with van der Waals surface area (Å²) in [6.07, 6.45) is 0. The monoisotopic (exact) mass is 563 g/mol. The van der Waals surface area contributed by atoms with E-state index >= 15 is 0 Å². The Labute approximate surface area is 227 Å². The van der Waals surface area contributed by atoms with Gasteiger partial charge in [0, 0.05) is 47.3 Å². The van der Waals surface area contributed by atoms with Gasteiger partial charge in [-0.3, -0.25) is 9.59 Å². The SMILES string of the molecule is Nc1nc(N)nc(NCCNC(=O)c2ccc(-c3c4cc(F)c(=O)cc-4oc4cc(O)c(F)cc34)c(C(=O)O)c2)n1. The van der Waals surface area contributed by atoms with E-state index in [-0.39, 0.29) is 75.5 Å². The lowest BCUT2D eigenvalue weighted by Gasteiger charge is -2.17. The molecule has 0 radical (unpaired) electrons. The van der Waals surface area contributed by atoms with Crippen LogP contribution >= 0.6 is 0 Å². The number of nitrogens with zero attached hydrogens (tertiary/aromatic N) is 3. The number of carboxylic acid groups (broad SMARTS) is 1. The molecule has 0 bridgehead atoms. The molecule has 2 aromatic carbocycles. The van der Waals surface area contributed by atoms with Crippen LogP contribution in [0.25, 0.3) is 33.4 Å². The van der Waals surface area contributed by atoms with Gasteiger partial charge in [0.2, 0.25) is 23.3 Å². The van der Waals surface area contributed by atoms with Crippen LogP contribution in [0.1, 0.15) is 20.7 Å². The maximum absolute atomic E-state index is 14.4. The smallest absolute Gasteiger partial charge is 0.336 e. The number of phenols is 1. The Kier molecular flexibility index (Phi) is 6.76. The molecule has 13 nitrogen and oxygen atoms in total. The molecule has 2 aliphatic rings. The van der Waals surface area contributed by atoms with Crippen LogP contribution in [0.5, 0.6) is 5.75 Å². The molecule has 1 amide bonds. The molecular weight excluding hydrogens is 544 g/mol. The van der Waals surface area contributed by atoms with Gasteiger partial charge in [0.1, 0.15) is 11.3 Å². The predicted molar refractivity (Wildman–Crippen MR) is 143 cm³/mol. The number of amides is 1. The summed E-state index contributed by atoms with van der Waals surface area (Å²) in [5.41, 5.74) is 9.51. The fourth-order valence-corrected chi connectivity index (χ4v) is 4.21. The lowest BCUT2D eigenvalue weighted by molar-refractivity contribution is 0.0697. The molecule has 5 rings (SSSR count). The highest BCUT2D eigenvalue weighted by Crippen LogP contribution is 2.43. The normalized spacial score (nSPS) is 11.1. The molecule has 41 heavy (non-hydrogen) atoms. The van der Waals surface area contributed by atoms with Crippen molar-refractivity contribution in [1.82, 2.24) is 20.3 Å². The molecular formula is C26H19F2N7O6. The zero-order valence-corrected chi connectivity index (χ0v) is 20.7. The van der Waals surface area contributed by atoms with E-state index in [1.807, 2.05) is 0 Å². The Hall–Kier alpha value is -5.86. The van der Waals surface area contributed by atoms with Crippen LogP contribution in [0, 0.1) is 11.6 Å². The molecule has 208 valence electrons. The van der Waals surface area contributed by atoms with Crippen LogP contribution in [0.15, 0.2) is 51.7 Å². The molecule has 15 heteroatoms. The van der Waals surface area contributed by atoms with Crippen LogP contribution in [-0.2, 0) is 0 Å². The standard InChI is InChI=1S/C26H19F2N7O6/c27-15-6-13-19(8-17(15)36)41-20-9-18(37)16(28)7-14(20)21(13)11-2-1-10(5-12(11)23(39)40)22(38)31-3-4-32-26-34-24(29)33-25(30)35-26/h1-2,5-9,36H,3-4H2,(H,31,38)(H,39,40)(H5,29,30,32,33,34,35). The van der Waals surface area contributed by atoms with Crippen molar-refractivity contribution in [1.29, 1.82) is 0 Å². The average molecular weight is 563 g/mol. The molecule has 0 saturated heterocycles. The number of aromatic nitrogens is 3. The van der Waals surface area contributed by atoms with Crippen molar-refractivity contribution in [2.24, 2.45) is 0 Å². The van der Waals surface area contributed by atoms with Crippen molar-refractivity contribution in [3.63, 3.8) is 0 Å². The minimum Gasteiger partial charge on any atom is -0.505 e. The molecule has 0 saturated carbocycles. The van der Waals surface area contributed by atoms with Crippen molar-refractivity contribution in [3.8, 4) is 28.2 Å². The number of benzene rings is 3. The topological polar surface area (TPSA) is 220 Å². The lowest BCUT2D eigenvalue weighted by Crippen LogP contribution is -2.29. The first kappa shape index (κ1) is 26.7. The lowest BCUT2D eigenvalue weighted by atomic mass is 9.89. The largest absolute Gasteiger partial charge is 0.505 e. The number of nitrogen functional groups attached to an aromatic ring is 2. The van der Waals surface area contributed by atoms with Crippen LogP contribution < -0.4 is 27.5 Å². The average Bonchev–Trinajstić information content (AvgIpc) is 2.91. The maximum Gasteiger partial charge on any atom is 0.336 e. The first-order valence-electron chi connectivity index (χ1n) is 11.8. The van der Waals surface area contributed by atoms with Crippen molar-refractivity contribution in [3.05, 3.63) is 75.4 Å². The van der Waals surface area contributed by atoms with E-state index < -0.39 is 34.7 Å². The highest BCUT2D eigenvalue weighted by molar-refractivity contribution is 6.09. The second kappa shape index (κ2) is 10.4. The summed E-state index contributed by atoms with van der Waals surface area (Å²) in [7, 11) is 0. The van der Waals surface area contributed by atoms with Crippen molar-refractivity contribution in [2.45, 2.75) is 0 Å². The van der Waals surface area contributed by atoms with Gasteiger partial charge >= 0.3 is 5.97 Å². The number of fused-ring (bicyclic) bond motifs is 2. The third-order valence-electron chi connectivity index (χ3n) is 5.99. The molecule has 0 atom stereocenters. The van der Waals surface area contributed by atoms with E-state index in [9.17, 15) is 33.4 Å². The predicted octanol–water partition coefficient (Wildman–Crippen LogP) is 2.44. The van der Waals surface area contributed by atoms with Crippen LogP contribution in [-0.4, -0.2) is 50.1 Å². The number of halogens is 2. The molecule has 3 aromatic rings. The summed E-state index contributed by atoms with van der Waals surface area (Å²) in [4.78, 5) is 48.4. The highest BCUT2D eigenvalue weighted by Gasteiger charge is 2.25. The van der Waals surface area contributed by atoms with Gasteiger partial charge in [0.15, 0.2) is 17.4 Å². The van der Waals surface area contributed by atoms with Crippen LogP contribution in [0.4, 0.5) is 26.6 Å². The second-order valence-electron chi connectivity index (χ2n) is 8.68. The van der Waals surface area contributed by atoms with E-state index in [4.69, 9.17) is 15.9 Å².